The first-order valence-electron chi connectivity index (χ1n) is 8.32. The van der Waals surface area contributed by atoms with Crippen molar-refractivity contribution in [1.29, 1.82) is 0 Å². The van der Waals surface area contributed by atoms with Gasteiger partial charge in [-0.15, -0.1) is 11.8 Å². The molecule has 0 saturated carbocycles. The predicted molar refractivity (Wildman–Crippen MR) is 104 cm³/mol. The van der Waals surface area contributed by atoms with Crippen molar-refractivity contribution in [2.75, 3.05) is 0 Å². The molecule has 0 aliphatic heterocycles. The lowest BCUT2D eigenvalue weighted by Gasteiger charge is -2.27. The zero-order valence-electron chi connectivity index (χ0n) is 14.3. The highest BCUT2D eigenvalue weighted by atomic mass is 35.5. The van der Waals surface area contributed by atoms with Crippen LogP contribution in [-0.4, -0.2) is 21.9 Å². The zero-order valence-corrected chi connectivity index (χ0v) is 15.9. The maximum absolute atomic E-state index is 12.8. The minimum absolute atomic E-state index is 0.0784. The Morgan fingerprint density at radius 3 is 2.68 bits per heavy atom. The van der Waals surface area contributed by atoms with Crippen LogP contribution in [0.1, 0.15) is 36.6 Å². The van der Waals surface area contributed by atoms with E-state index in [0.29, 0.717) is 17.2 Å². The van der Waals surface area contributed by atoms with Crippen LogP contribution in [0.25, 0.3) is 0 Å². The number of benzene rings is 2. The fraction of sp³-hybridized carbons (Fsp3) is 0.350. The van der Waals surface area contributed by atoms with Gasteiger partial charge in [0.25, 0.3) is 0 Å². The number of nitrogens with one attached hydrogen (secondary N) is 1. The van der Waals surface area contributed by atoms with E-state index in [-0.39, 0.29) is 11.9 Å². The Hall–Kier alpha value is -1.49. The lowest BCUT2D eigenvalue weighted by Crippen LogP contribution is -2.44. The Kier molecular flexibility index (Phi) is 5.42. The van der Waals surface area contributed by atoms with Crippen molar-refractivity contribution in [3.8, 4) is 0 Å². The Bertz CT molecular complexity index is 778. The number of amides is 1. The van der Waals surface area contributed by atoms with Gasteiger partial charge in [0, 0.05) is 17.2 Å². The molecule has 1 amide bonds. The van der Waals surface area contributed by atoms with Gasteiger partial charge in [-0.25, -0.2) is 0 Å². The lowest BCUT2D eigenvalue weighted by molar-refractivity contribution is -0.124. The van der Waals surface area contributed by atoms with E-state index in [1.54, 1.807) is 11.8 Å². The number of carbonyl (C=O) groups is 1. The van der Waals surface area contributed by atoms with Crippen molar-refractivity contribution in [3.05, 3.63) is 70.2 Å². The summed E-state index contributed by atoms with van der Waals surface area (Å²) >= 11 is 7.74. The van der Waals surface area contributed by atoms with Crippen LogP contribution in [0.2, 0.25) is 5.02 Å². The Morgan fingerprint density at radius 2 is 1.92 bits per heavy atom. The van der Waals surface area contributed by atoms with E-state index in [0.717, 1.165) is 16.7 Å². The quantitative estimate of drug-likeness (QED) is 0.826. The van der Waals surface area contributed by atoms with Crippen LogP contribution in [0.5, 0.6) is 0 Å². The fourth-order valence-electron chi connectivity index (χ4n) is 3.00. The molecule has 3 nitrogen and oxygen atoms in total. The van der Waals surface area contributed by atoms with Crippen molar-refractivity contribution in [2.45, 2.75) is 42.9 Å². The third kappa shape index (κ3) is 4.02. The molecule has 0 bridgehead atoms. The summed E-state index contributed by atoms with van der Waals surface area (Å²) in [6.45, 7) is 3.80. The Balaban J connectivity index is 1.67. The summed E-state index contributed by atoms with van der Waals surface area (Å²) in [6, 6.07) is 15.2. The van der Waals surface area contributed by atoms with E-state index in [4.69, 9.17) is 11.6 Å². The molecule has 0 fully saturated rings. The number of aliphatic hydroxyl groups is 1. The molecule has 3 rings (SSSR count). The molecular weight excluding hydrogens is 354 g/mol. The smallest absolute Gasteiger partial charge is 0.236 e. The van der Waals surface area contributed by atoms with Crippen molar-refractivity contribution < 1.29 is 9.90 Å². The second-order valence-corrected chi connectivity index (χ2v) is 8.82. The Morgan fingerprint density at radius 1 is 1.24 bits per heavy atom. The first-order chi connectivity index (χ1) is 11.9. The summed E-state index contributed by atoms with van der Waals surface area (Å²) in [6.07, 6.45) is -0.000346. The molecular formula is C20H22ClNO2S. The topological polar surface area (TPSA) is 49.3 Å². The molecule has 132 valence electrons. The highest BCUT2D eigenvalue weighted by molar-refractivity contribution is 8.00. The molecule has 0 aromatic heterocycles. The van der Waals surface area contributed by atoms with Gasteiger partial charge in [0.2, 0.25) is 5.91 Å². The van der Waals surface area contributed by atoms with Crippen LogP contribution in [-0.2, 0) is 17.0 Å². The molecule has 5 heteroatoms. The van der Waals surface area contributed by atoms with E-state index >= 15 is 0 Å². The number of aliphatic hydroxyl groups excluding tert-OH is 1. The number of fused-ring (bicyclic) bond motifs is 1. The summed E-state index contributed by atoms with van der Waals surface area (Å²) in [5.41, 5.74) is 3.12. The van der Waals surface area contributed by atoms with Gasteiger partial charge in [0.15, 0.2) is 0 Å². The maximum Gasteiger partial charge on any atom is 0.236 e. The zero-order chi connectivity index (χ0) is 18.0. The van der Waals surface area contributed by atoms with Gasteiger partial charge in [0.05, 0.1) is 16.9 Å². The number of thioether (sulfide) groups is 1. The van der Waals surface area contributed by atoms with E-state index in [9.17, 15) is 9.90 Å². The molecule has 25 heavy (non-hydrogen) atoms. The van der Waals surface area contributed by atoms with Crippen molar-refractivity contribution in [2.24, 2.45) is 0 Å². The van der Waals surface area contributed by atoms with E-state index < -0.39 is 10.9 Å². The van der Waals surface area contributed by atoms with Gasteiger partial charge in [-0.05, 0) is 36.6 Å². The molecule has 0 heterocycles. The third-order valence-corrected chi connectivity index (χ3v) is 6.31. The van der Waals surface area contributed by atoms with Crippen LogP contribution in [0.15, 0.2) is 48.5 Å². The number of hydrogen-bond donors (Lipinski definition) is 2. The van der Waals surface area contributed by atoms with Crippen molar-refractivity contribution >= 4 is 29.3 Å². The van der Waals surface area contributed by atoms with Gasteiger partial charge < -0.3 is 10.4 Å². The average Bonchev–Trinajstić information content (AvgIpc) is 2.90. The molecule has 2 atom stereocenters. The van der Waals surface area contributed by atoms with Crippen molar-refractivity contribution in [3.63, 3.8) is 0 Å². The first kappa shape index (κ1) is 18.3. The largest absolute Gasteiger partial charge is 0.390 e. The van der Waals surface area contributed by atoms with Crippen LogP contribution >= 0.6 is 23.4 Å². The van der Waals surface area contributed by atoms with Gasteiger partial charge >= 0.3 is 0 Å². The molecule has 2 aromatic carbocycles. The van der Waals surface area contributed by atoms with Crippen LogP contribution in [0.4, 0.5) is 0 Å². The average molecular weight is 376 g/mol. The second-order valence-electron chi connectivity index (χ2n) is 6.81. The summed E-state index contributed by atoms with van der Waals surface area (Å²) in [5.74, 6) is 0.578. The molecule has 1 aliphatic carbocycles. The van der Waals surface area contributed by atoms with Crippen LogP contribution in [0.3, 0.4) is 0 Å². The third-order valence-electron chi connectivity index (χ3n) is 4.58. The molecule has 2 aromatic rings. The molecule has 2 N–H and O–H groups in total. The minimum Gasteiger partial charge on any atom is -0.390 e. The molecule has 0 unspecified atom stereocenters. The van der Waals surface area contributed by atoms with Crippen molar-refractivity contribution in [1.82, 2.24) is 5.32 Å². The summed E-state index contributed by atoms with van der Waals surface area (Å²) in [4.78, 5) is 12.8. The highest BCUT2D eigenvalue weighted by Crippen LogP contribution is 2.34. The van der Waals surface area contributed by atoms with Gasteiger partial charge in [-0.1, -0.05) is 54.1 Å². The maximum atomic E-state index is 12.8. The molecule has 0 spiro atoms. The summed E-state index contributed by atoms with van der Waals surface area (Å²) in [5, 5.41) is 14.1. The normalized spacial score (nSPS) is 19.5. The van der Waals surface area contributed by atoms with Gasteiger partial charge in [-0.2, -0.15) is 0 Å². The van der Waals surface area contributed by atoms with E-state index in [1.807, 2.05) is 62.4 Å². The number of halogens is 1. The second kappa shape index (κ2) is 7.40. The SMILES string of the molecule is CC(C)(SCc1ccccc1Cl)C(=O)N[C@@H]1c2ccccc2C[C@@H]1O. The number of carbonyl (C=O) groups excluding carboxylic acids is 1. The lowest BCUT2D eigenvalue weighted by atomic mass is 10.1. The molecule has 0 saturated heterocycles. The molecule has 0 radical (unpaired) electrons. The van der Waals surface area contributed by atoms with Crippen LogP contribution in [0, 0.1) is 0 Å². The van der Waals surface area contributed by atoms with Gasteiger partial charge in [0.1, 0.15) is 0 Å². The van der Waals surface area contributed by atoms with E-state index in [2.05, 4.69) is 5.32 Å². The predicted octanol–water partition coefficient (Wildman–Crippen LogP) is 4.13. The summed E-state index contributed by atoms with van der Waals surface area (Å²) in [7, 11) is 0. The standard InChI is InChI=1S/C20H22ClNO2S/c1-20(2,25-12-14-8-4-6-10-16(14)21)19(24)22-18-15-9-5-3-7-13(15)11-17(18)23/h3-10,17-18,23H,11-12H2,1-2H3,(H,22,24)/t17-,18+/m0/s1. The highest BCUT2D eigenvalue weighted by Gasteiger charge is 2.36. The number of rotatable bonds is 5. The number of hydrogen-bond acceptors (Lipinski definition) is 3. The Labute approximate surface area is 157 Å². The minimum atomic E-state index is -0.629. The van der Waals surface area contributed by atoms with E-state index in [1.165, 1.54) is 0 Å². The monoisotopic (exact) mass is 375 g/mol. The fourth-order valence-corrected chi connectivity index (χ4v) is 4.24. The summed E-state index contributed by atoms with van der Waals surface area (Å²) < 4.78 is -0.629. The molecule has 1 aliphatic rings. The first-order valence-corrected chi connectivity index (χ1v) is 9.69. The van der Waals surface area contributed by atoms with Crippen LogP contribution < -0.4 is 5.32 Å². The van der Waals surface area contributed by atoms with Gasteiger partial charge in [-0.3, -0.25) is 4.79 Å².